The Hall–Kier alpha value is -0.900. The zero-order chi connectivity index (χ0) is 14.6. The van der Waals surface area contributed by atoms with Gasteiger partial charge in [0.1, 0.15) is 0 Å². The topological polar surface area (TPSA) is 40.6 Å². The van der Waals surface area contributed by atoms with E-state index in [2.05, 4.69) is 4.90 Å². The van der Waals surface area contributed by atoms with E-state index in [0.29, 0.717) is 19.4 Å². The summed E-state index contributed by atoms with van der Waals surface area (Å²) in [6.45, 7) is 8.15. The third-order valence-electron chi connectivity index (χ3n) is 4.42. The minimum Gasteiger partial charge on any atom is -0.303 e. The Morgan fingerprint density at radius 1 is 0.900 bits per heavy atom. The summed E-state index contributed by atoms with van der Waals surface area (Å²) >= 11 is 0. The minimum atomic E-state index is -0.154. The van der Waals surface area contributed by atoms with Crippen molar-refractivity contribution in [2.45, 2.75) is 58.8 Å². The summed E-state index contributed by atoms with van der Waals surface area (Å²) in [5.74, 6) is 0.0356. The van der Waals surface area contributed by atoms with Gasteiger partial charge in [0.15, 0.2) is 0 Å². The molecular formula is C16H28N2O2. The van der Waals surface area contributed by atoms with Gasteiger partial charge in [-0.25, -0.2) is 0 Å². The van der Waals surface area contributed by atoms with Gasteiger partial charge in [-0.1, -0.05) is 20.3 Å². The fraction of sp³-hybridized carbons (Fsp3) is 0.875. The first-order valence-electron chi connectivity index (χ1n) is 8.03. The molecule has 0 spiro atoms. The SMILES string of the molecule is CC1(C)CC(=O)N(CCCCN2CCCCC2)C(=O)C1. The number of carbonyl (C=O) groups excluding carboxylic acids is 2. The molecule has 0 aliphatic carbocycles. The van der Waals surface area contributed by atoms with Crippen LogP contribution in [-0.4, -0.2) is 47.8 Å². The first-order chi connectivity index (χ1) is 9.48. The molecule has 2 rings (SSSR count). The van der Waals surface area contributed by atoms with Gasteiger partial charge in [-0.15, -0.1) is 0 Å². The van der Waals surface area contributed by atoms with E-state index in [1.807, 2.05) is 13.8 Å². The van der Waals surface area contributed by atoms with Gasteiger partial charge in [0.2, 0.25) is 11.8 Å². The van der Waals surface area contributed by atoms with Gasteiger partial charge in [-0.3, -0.25) is 14.5 Å². The van der Waals surface area contributed by atoms with Crippen LogP contribution in [0.25, 0.3) is 0 Å². The Balaban J connectivity index is 1.68. The number of amides is 2. The summed E-state index contributed by atoms with van der Waals surface area (Å²) in [6, 6.07) is 0. The lowest BCUT2D eigenvalue weighted by Gasteiger charge is -2.34. The van der Waals surface area contributed by atoms with Crippen molar-refractivity contribution >= 4 is 11.8 Å². The van der Waals surface area contributed by atoms with Crippen LogP contribution in [0.3, 0.4) is 0 Å². The highest BCUT2D eigenvalue weighted by atomic mass is 16.2. The Morgan fingerprint density at radius 2 is 1.45 bits per heavy atom. The van der Waals surface area contributed by atoms with Crippen molar-refractivity contribution < 1.29 is 9.59 Å². The van der Waals surface area contributed by atoms with Crippen molar-refractivity contribution in [3.63, 3.8) is 0 Å². The van der Waals surface area contributed by atoms with Crippen LogP contribution in [0.5, 0.6) is 0 Å². The van der Waals surface area contributed by atoms with Crippen LogP contribution in [0.2, 0.25) is 0 Å². The number of piperidine rings is 2. The Labute approximate surface area is 122 Å². The second kappa shape index (κ2) is 6.70. The predicted octanol–water partition coefficient (Wildman–Crippen LogP) is 2.43. The van der Waals surface area contributed by atoms with E-state index in [0.717, 1.165) is 19.4 Å². The lowest BCUT2D eigenvalue weighted by atomic mass is 9.82. The second-order valence-electron chi connectivity index (χ2n) is 7.07. The van der Waals surface area contributed by atoms with Crippen molar-refractivity contribution in [1.29, 1.82) is 0 Å². The number of likely N-dealkylation sites (tertiary alicyclic amines) is 2. The monoisotopic (exact) mass is 280 g/mol. The molecule has 114 valence electrons. The summed E-state index contributed by atoms with van der Waals surface area (Å²) in [5, 5.41) is 0. The molecule has 0 saturated carbocycles. The number of carbonyl (C=O) groups is 2. The second-order valence-corrected chi connectivity index (χ2v) is 7.07. The molecule has 0 N–H and O–H groups in total. The number of hydrogen-bond acceptors (Lipinski definition) is 3. The summed E-state index contributed by atoms with van der Waals surface area (Å²) in [4.78, 5) is 28.0. The van der Waals surface area contributed by atoms with E-state index < -0.39 is 0 Å². The summed E-state index contributed by atoms with van der Waals surface area (Å²) < 4.78 is 0. The lowest BCUT2D eigenvalue weighted by Crippen LogP contribution is -2.46. The van der Waals surface area contributed by atoms with E-state index >= 15 is 0 Å². The molecule has 2 aliphatic rings. The summed E-state index contributed by atoms with van der Waals surface area (Å²) in [7, 11) is 0. The number of nitrogens with zero attached hydrogens (tertiary/aromatic N) is 2. The quantitative estimate of drug-likeness (QED) is 0.573. The molecule has 4 nitrogen and oxygen atoms in total. The highest BCUT2D eigenvalue weighted by Gasteiger charge is 2.36. The highest BCUT2D eigenvalue weighted by Crippen LogP contribution is 2.31. The van der Waals surface area contributed by atoms with Gasteiger partial charge < -0.3 is 4.90 Å². The minimum absolute atomic E-state index is 0.0178. The van der Waals surface area contributed by atoms with E-state index in [4.69, 9.17) is 0 Å². The summed E-state index contributed by atoms with van der Waals surface area (Å²) in [5.41, 5.74) is -0.154. The molecule has 0 unspecified atom stereocenters. The Bertz CT molecular complexity index is 339. The molecule has 0 aromatic carbocycles. The first kappa shape index (κ1) is 15.5. The van der Waals surface area contributed by atoms with Crippen LogP contribution < -0.4 is 0 Å². The van der Waals surface area contributed by atoms with Crippen molar-refractivity contribution in [3.05, 3.63) is 0 Å². The molecular weight excluding hydrogens is 252 g/mol. The van der Waals surface area contributed by atoms with Gasteiger partial charge in [-0.05, 0) is 50.7 Å². The maximum atomic E-state index is 12.0. The van der Waals surface area contributed by atoms with E-state index in [1.54, 1.807) is 0 Å². The number of imide groups is 1. The van der Waals surface area contributed by atoms with Crippen LogP contribution in [0.4, 0.5) is 0 Å². The molecule has 2 fully saturated rings. The molecule has 0 bridgehead atoms. The van der Waals surface area contributed by atoms with Crippen LogP contribution in [0.15, 0.2) is 0 Å². The van der Waals surface area contributed by atoms with Crippen LogP contribution in [0, 0.1) is 5.41 Å². The maximum absolute atomic E-state index is 12.0. The molecule has 0 atom stereocenters. The van der Waals surface area contributed by atoms with Crippen molar-refractivity contribution in [1.82, 2.24) is 9.80 Å². The van der Waals surface area contributed by atoms with Gasteiger partial charge in [-0.2, -0.15) is 0 Å². The van der Waals surface area contributed by atoms with E-state index in [9.17, 15) is 9.59 Å². The van der Waals surface area contributed by atoms with Gasteiger partial charge >= 0.3 is 0 Å². The fourth-order valence-electron chi connectivity index (χ4n) is 3.25. The van der Waals surface area contributed by atoms with Crippen molar-refractivity contribution in [2.75, 3.05) is 26.2 Å². The standard InChI is InChI=1S/C16H28N2O2/c1-16(2)12-14(19)18(15(20)13-16)11-7-6-10-17-8-4-3-5-9-17/h3-13H2,1-2H3. The van der Waals surface area contributed by atoms with Crippen LogP contribution >= 0.6 is 0 Å². The zero-order valence-corrected chi connectivity index (χ0v) is 13.0. The molecule has 0 radical (unpaired) electrons. The Morgan fingerprint density at radius 3 is 2.05 bits per heavy atom. The molecule has 2 amide bonds. The van der Waals surface area contributed by atoms with Crippen molar-refractivity contribution in [3.8, 4) is 0 Å². The van der Waals surface area contributed by atoms with Crippen LogP contribution in [0.1, 0.15) is 58.8 Å². The van der Waals surface area contributed by atoms with E-state index in [-0.39, 0.29) is 17.2 Å². The molecule has 4 heteroatoms. The summed E-state index contributed by atoms with van der Waals surface area (Å²) in [6.07, 6.45) is 7.03. The number of unbranched alkanes of at least 4 members (excludes halogenated alkanes) is 1. The fourth-order valence-corrected chi connectivity index (χ4v) is 3.25. The third-order valence-corrected chi connectivity index (χ3v) is 4.42. The average molecular weight is 280 g/mol. The molecule has 0 aromatic rings. The lowest BCUT2D eigenvalue weighted by molar-refractivity contribution is -0.152. The predicted molar refractivity (Wildman–Crippen MR) is 79.3 cm³/mol. The third kappa shape index (κ3) is 4.30. The average Bonchev–Trinajstić information content (AvgIpc) is 2.37. The zero-order valence-electron chi connectivity index (χ0n) is 13.0. The molecule has 20 heavy (non-hydrogen) atoms. The highest BCUT2D eigenvalue weighted by molar-refractivity contribution is 5.98. The van der Waals surface area contributed by atoms with Gasteiger partial charge in [0.25, 0.3) is 0 Å². The Kier molecular flexibility index (Phi) is 5.19. The number of hydrogen-bond donors (Lipinski definition) is 0. The van der Waals surface area contributed by atoms with Gasteiger partial charge in [0.05, 0.1) is 0 Å². The van der Waals surface area contributed by atoms with Gasteiger partial charge in [0, 0.05) is 19.4 Å². The smallest absolute Gasteiger partial charge is 0.229 e. The largest absolute Gasteiger partial charge is 0.303 e. The van der Waals surface area contributed by atoms with Crippen LogP contribution in [-0.2, 0) is 9.59 Å². The molecule has 0 aromatic heterocycles. The molecule has 2 heterocycles. The molecule has 2 saturated heterocycles. The number of rotatable bonds is 5. The van der Waals surface area contributed by atoms with Crippen molar-refractivity contribution in [2.24, 2.45) is 5.41 Å². The first-order valence-corrected chi connectivity index (χ1v) is 8.03. The maximum Gasteiger partial charge on any atom is 0.229 e. The normalized spacial score (nSPS) is 24.2. The molecule has 2 aliphatic heterocycles. The van der Waals surface area contributed by atoms with E-state index in [1.165, 1.54) is 37.3 Å².